The maximum Gasteiger partial charge on any atom is 0.0452 e. The van der Waals surface area contributed by atoms with Gasteiger partial charge in [0.05, 0.1) is 0 Å². The van der Waals surface area contributed by atoms with Gasteiger partial charge in [0.15, 0.2) is 0 Å². The summed E-state index contributed by atoms with van der Waals surface area (Å²) >= 11 is 9.28. The summed E-state index contributed by atoms with van der Waals surface area (Å²) in [6, 6.07) is 5.90. The molecule has 1 aromatic carbocycles. The predicted octanol–water partition coefficient (Wildman–Crippen LogP) is 3.88. The molecule has 0 bridgehead atoms. The van der Waals surface area contributed by atoms with E-state index >= 15 is 0 Å². The van der Waals surface area contributed by atoms with E-state index in [1.165, 1.54) is 0 Å². The van der Waals surface area contributed by atoms with Gasteiger partial charge >= 0.3 is 0 Å². The average Bonchev–Trinajstić information content (AvgIpc) is 2.04. The van der Waals surface area contributed by atoms with Crippen LogP contribution in [0.3, 0.4) is 0 Å². The van der Waals surface area contributed by atoms with E-state index in [0.29, 0.717) is 0 Å². The molecule has 1 rings (SSSR count). The van der Waals surface area contributed by atoms with Crippen LogP contribution in [0, 0.1) is 0 Å². The lowest BCUT2D eigenvalue weighted by molar-refractivity contribution is 1.43. The monoisotopic (exact) mass is 230 g/mol. The van der Waals surface area contributed by atoms with E-state index in [4.69, 9.17) is 11.6 Å². The molecule has 0 aliphatic carbocycles. The van der Waals surface area contributed by atoms with E-state index in [0.717, 1.165) is 21.5 Å². The van der Waals surface area contributed by atoms with Gasteiger partial charge in [-0.2, -0.15) is 0 Å². The highest BCUT2D eigenvalue weighted by molar-refractivity contribution is 9.08. The Morgan fingerprint density at radius 1 is 1.55 bits per heavy atom. The second-order valence-corrected chi connectivity index (χ2v) is 3.16. The molecular formula is C9H8BrCl. The van der Waals surface area contributed by atoms with Crippen molar-refractivity contribution < 1.29 is 0 Å². The number of rotatable bonds is 2. The fourth-order valence-electron chi connectivity index (χ4n) is 0.799. The van der Waals surface area contributed by atoms with Crippen molar-refractivity contribution in [2.45, 2.75) is 5.33 Å². The molecule has 0 spiro atoms. The Balaban J connectivity index is 3.09. The standard InChI is InChI=1S/C9H8BrCl/c1-2-7-3-4-8(6-10)9(11)5-7/h2-5H,1,6H2. The average molecular weight is 232 g/mol. The molecule has 2 heteroatoms. The molecule has 0 N–H and O–H groups in total. The molecule has 0 aliphatic rings. The fourth-order valence-corrected chi connectivity index (χ4v) is 1.71. The lowest BCUT2D eigenvalue weighted by Crippen LogP contribution is -1.80. The molecule has 0 saturated carbocycles. The maximum absolute atomic E-state index is 5.93. The van der Waals surface area contributed by atoms with E-state index < -0.39 is 0 Å². The summed E-state index contributed by atoms with van der Waals surface area (Å²) in [5.41, 5.74) is 2.16. The van der Waals surface area contributed by atoms with E-state index in [-0.39, 0.29) is 0 Å². The van der Waals surface area contributed by atoms with Gasteiger partial charge in [-0.25, -0.2) is 0 Å². The maximum atomic E-state index is 5.93. The van der Waals surface area contributed by atoms with Crippen molar-refractivity contribution in [1.29, 1.82) is 0 Å². The van der Waals surface area contributed by atoms with Crippen molar-refractivity contribution in [3.8, 4) is 0 Å². The van der Waals surface area contributed by atoms with E-state index in [9.17, 15) is 0 Å². The van der Waals surface area contributed by atoms with Crippen LogP contribution in [0.4, 0.5) is 0 Å². The minimum atomic E-state index is 0.791. The lowest BCUT2D eigenvalue weighted by Gasteiger charge is -1.99. The third-order valence-corrected chi connectivity index (χ3v) is 2.41. The van der Waals surface area contributed by atoms with Crippen molar-refractivity contribution in [3.05, 3.63) is 40.9 Å². The highest BCUT2D eigenvalue weighted by atomic mass is 79.9. The molecule has 0 atom stereocenters. The molecular weight excluding hydrogens is 223 g/mol. The molecule has 0 aliphatic heterocycles. The van der Waals surface area contributed by atoms with Crippen molar-refractivity contribution >= 4 is 33.6 Å². The number of hydrogen-bond acceptors (Lipinski definition) is 0. The van der Waals surface area contributed by atoms with Crippen LogP contribution < -0.4 is 0 Å². The third kappa shape index (κ3) is 2.08. The summed E-state index contributed by atoms with van der Waals surface area (Å²) in [4.78, 5) is 0. The SMILES string of the molecule is C=Cc1ccc(CBr)c(Cl)c1. The van der Waals surface area contributed by atoms with Gasteiger partial charge in [0, 0.05) is 10.4 Å². The highest BCUT2D eigenvalue weighted by Crippen LogP contribution is 2.20. The van der Waals surface area contributed by atoms with E-state index in [1.54, 1.807) is 6.08 Å². The van der Waals surface area contributed by atoms with Gasteiger partial charge in [-0.15, -0.1) is 0 Å². The number of hydrogen-bond donors (Lipinski definition) is 0. The van der Waals surface area contributed by atoms with Crippen molar-refractivity contribution in [2.75, 3.05) is 0 Å². The summed E-state index contributed by atoms with van der Waals surface area (Å²) in [7, 11) is 0. The van der Waals surface area contributed by atoms with Crippen LogP contribution in [0.1, 0.15) is 11.1 Å². The molecule has 0 saturated heterocycles. The molecule has 0 radical (unpaired) electrons. The molecule has 0 aromatic heterocycles. The molecule has 11 heavy (non-hydrogen) atoms. The molecule has 0 amide bonds. The van der Waals surface area contributed by atoms with Crippen LogP contribution in [-0.4, -0.2) is 0 Å². The van der Waals surface area contributed by atoms with Crippen molar-refractivity contribution in [2.24, 2.45) is 0 Å². The number of benzene rings is 1. The highest BCUT2D eigenvalue weighted by Gasteiger charge is 1.97. The Morgan fingerprint density at radius 3 is 2.73 bits per heavy atom. The van der Waals surface area contributed by atoms with Crippen LogP contribution in [0.5, 0.6) is 0 Å². The summed E-state index contributed by atoms with van der Waals surface area (Å²) in [5, 5.41) is 1.59. The summed E-state index contributed by atoms with van der Waals surface area (Å²) in [6.07, 6.45) is 1.78. The van der Waals surface area contributed by atoms with E-state index in [1.807, 2.05) is 18.2 Å². The van der Waals surface area contributed by atoms with Gasteiger partial charge < -0.3 is 0 Å². The molecule has 58 valence electrons. The van der Waals surface area contributed by atoms with Crippen molar-refractivity contribution in [3.63, 3.8) is 0 Å². The Hall–Kier alpha value is -0.270. The first-order valence-corrected chi connectivity index (χ1v) is 4.74. The summed E-state index contributed by atoms with van der Waals surface area (Å²) < 4.78 is 0. The lowest BCUT2D eigenvalue weighted by atomic mass is 10.1. The second kappa shape index (κ2) is 3.93. The quantitative estimate of drug-likeness (QED) is 0.678. The summed E-state index contributed by atoms with van der Waals surface area (Å²) in [6.45, 7) is 3.66. The second-order valence-electron chi connectivity index (χ2n) is 2.19. The van der Waals surface area contributed by atoms with Gasteiger partial charge in [-0.3, -0.25) is 0 Å². The van der Waals surface area contributed by atoms with Gasteiger partial charge in [-0.1, -0.05) is 52.3 Å². The van der Waals surface area contributed by atoms with Crippen LogP contribution in [0.2, 0.25) is 5.02 Å². The largest absolute Gasteiger partial charge is 0.0985 e. The zero-order valence-electron chi connectivity index (χ0n) is 5.98. The Labute approximate surface area is 80.0 Å². The number of alkyl halides is 1. The number of halogens is 2. The predicted molar refractivity (Wildman–Crippen MR) is 54.2 cm³/mol. The molecule has 0 unspecified atom stereocenters. The van der Waals surface area contributed by atoms with E-state index in [2.05, 4.69) is 22.5 Å². The van der Waals surface area contributed by atoms with Crippen molar-refractivity contribution in [1.82, 2.24) is 0 Å². The smallest absolute Gasteiger partial charge is 0.0452 e. The minimum absolute atomic E-state index is 0.791. The summed E-state index contributed by atoms with van der Waals surface area (Å²) in [5.74, 6) is 0. The van der Waals surface area contributed by atoms with Gasteiger partial charge in [-0.05, 0) is 17.2 Å². The van der Waals surface area contributed by atoms with Gasteiger partial charge in [0.2, 0.25) is 0 Å². The Kier molecular flexibility index (Phi) is 3.16. The Bertz CT molecular complexity index is 268. The first-order chi connectivity index (χ1) is 5.27. The molecule has 0 fully saturated rings. The molecule has 1 aromatic rings. The van der Waals surface area contributed by atoms with Crippen LogP contribution in [0.25, 0.3) is 6.08 Å². The van der Waals surface area contributed by atoms with Crippen LogP contribution >= 0.6 is 27.5 Å². The Morgan fingerprint density at radius 2 is 2.27 bits per heavy atom. The topological polar surface area (TPSA) is 0 Å². The first kappa shape index (κ1) is 8.82. The molecule has 0 heterocycles. The first-order valence-electron chi connectivity index (χ1n) is 3.24. The van der Waals surface area contributed by atoms with Gasteiger partial charge in [0.25, 0.3) is 0 Å². The zero-order valence-corrected chi connectivity index (χ0v) is 8.32. The zero-order chi connectivity index (χ0) is 8.27. The van der Waals surface area contributed by atoms with Gasteiger partial charge in [0.1, 0.15) is 0 Å². The normalized spacial score (nSPS) is 9.64. The molecule has 0 nitrogen and oxygen atoms in total. The third-order valence-electron chi connectivity index (χ3n) is 1.46. The van der Waals surface area contributed by atoms with Crippen LogP contribution in [0.15, 0.2) is 24.8 Å². The van der Waals surface area contributed by atoms with Crippen LogP contribution in [-0.2, 0) is 5.33 Å². The minimum Gasteiger partial charge on any atom is -0.0985 e. The fraction of sp³-hybridized carbons (Fsp3) is 0.111.